The maximum atomic E-state index is 12.7. The SMILES string of the molecule is CCCCCC(C)NC(=NC)NCc1ccccc1S(=O)(=O)NC(C)(C)C.I. The Kier molecular flexibility index (Phi) is 12.2. The van der Waals surface area contributed by atoms with Gasteiger partial charge >= 0.3 is 0 Å². The van der Waals surface area contributed by atoms with Gasteiger partial charge in [-0.25, -0.2) is 13.1 Å². The summed E-state index contributed by atoms with van der Waals surface area (Å²) < 4.78 is 28.2. The lowest BCUT2D eigenvalue weighted by molar-refractivity contribution is 0.491. The highest BCUT2D eigenvalue weighted by molar-refractivity contribution is 14.0. The molecule has 6 nitrogen and oxygen atoms in total. The van der Waals surface area contributed by atoms with E-state index < -0.39 is 15.6 Å². The maximum absolute atomic E-state index is 12.7. The molecule has 1 unspecified atom stereocenters. The van der Waals surface area contributed by atoms with E-state index in [1.807, 2.05) is 32.9 Å². The lowest BCUT2D eigenvalue weighted by atomic mass is 10.1. The molecule has 0 bridgehead atoms. The van der Waals surface area contributed by atoms with Crippen molar-refractivity contribution in [3.63, 3.8) is 0 Å². The molecular formula is C20H37IN4O2S. The molecule has 0 aromatic heterocycles. The molecule has 0 saturated heterocycles. The van der Waals surface area contributed by atoms with E-state index in [9.17, 15) is 8.42 Å². The van der Waals surface area contributed by atoms with Crippen molar-refractivity contribution in [2.24, 2.45) is 4.99 Å². The molecule has 8 heteroatoms. The molecule has 0 heterocycles. The number of guanidine groups is 1. The number of unbranched alkanes of at least 4 members (excludes halogenated alkanes) is 2. The van der Waals surface area contributed by atoms with Gasteiger partial charge in [0.2, 0.25) is 10.0 Å². The topological polar surface area (TPSA) is 82.6 Å². The number of benzene rings is 1. The Balaban J connectivity index is 0.00000729. The smallest absolute Gasteiger partial charge is 0.241 e. The van der Waals surface area contributed by atoms with Crippen LogP contribution in [0, 0.1) is 0 Å². The molecule has 1 aromatic carbocycles. The highest BCUT2D eigenvalue weighted by Crippen LogP contribution is 2.17. The number of aliphatic imine (C=N–C) groups is 1. The van der Waals surface area contributed by atoms with Crippen molar-refractivity contribution >= 4 is 40.0 Å². The Bertz CT molecular complexity index is 715. The minimum absolute atomic E-state index is 0. The maximum Gasteiger partial charge on any atom is 0.241 e. The normalized spacial score (nSPS) is 13.6. The summed E-state index contributed by atoms with van der Waals surface area (Å²) >= 11 is 0. The highest BCUT2D eigenvalue weighted by atomic mass is 127. The van der Waals surface area contributed by atoms with Gasteiger partial charge in [0, 0.05) is 25.2 Å². The number of nitrogens with one attached hydrogen (secondary N) is 3. The van der Waals surface area contributed by atoms with E-state index in [1.54, 1.807) is 19.2 Å². The van der Waals surface area contributed by atoms with Crippen LogP contribution in [0.15, 0.2) is 34.2 Å². The Morgan fingerprint density at radius 1 is 1.18 bits per heavy atom. The Morgan fingerprint density at radius 3 is 2.39 bits per heavy atom. The number of sulfonamides is 1. The number of rotatable bonds is 9. The van der Waals surface area contributed by atoms with Crippen molar-refractivity contribution in [2.45, 2.75) is 83.3 Å². The fraction of sp³-hybridized carbons (Fsp3) is 0.650. The Labute approximate surface area is 188 Å². The third kappa shape index (κ3) is 10.1. The van der Waals surface area contributed by atoms with Crippen LogP contribution < -0.4 is 15.4 Å². The molecule has 0 fully saturated rings. The monoisotopic (exact) mass is 524 g/mol. The average Bonchev–Trinajstić information content (AvgIpc) is 2.57. The predicted molar refractivity (Wildman–Crippen MR) is 129 cm³/mol. The average molecular weight is 525 g/mol. The summed E-state index contributed by atoms with van der Waals surface area (Å²) in [6, 6.07) is 7.35. The molecule has 1 atom stereocenters. The fourth-order valence-electron chi connectivity index (χ4n) is 2.75. The van der Waals surface area contributed by atoms with Crippen molar-refractivity contribution in [3.8, 4) is 0 Å². The van der Waals surface area contributed by atoms with E-state index in [4.69, 9.17) is 0 Å². The quantitative estimate of drug-likeness (QED) is 0.197. The summed E-state index contributed by atoms with van der Waals surface area (Å²) in [5, 5.41) is 6.60. The summed E-state index contributed by atoms with van der Waals surface area (Å²) in [4.78, 5) is 4.54. The molecular weight excluding hydrogens is 487 g/mol. The standard InChI is InChI=1S/C20H36N4O2S.HI/c1-7-8-9-12-16(2)23-19(21-6)22-15-17-13-10-11-14-18(17)27(25,26)24-20(3,4)5;/h10-11,13-14,16,24H,7-9,12,15H2,1-6H3,(H2,21,22,23);1H. The zero-order valence-corrected chi connectivity index (χ0v) is 21.1. The summed E-state index contributed by atoms with van der Waals surface area (Å²) in [5.74, 6) is 0.676. The summed E-state index contributed by atoms with van der Waals surface area (Å²) in [7, 11) is -1.87. The van der Waals surface area contributed by atoms with Crippen LogP contribution in [0.2, 0.25) is 0 Å². The van der Waals surface area contributed by atoms with Gasteiger partial charge in [0.05, 0.1) is 4.90 Å². The lowest BCUT2D eigenvalue weighted by Gasteiger charge is -2.22. The number of halogens is 1. The van der Waals surface area contributed by atoms with Crippen LogP contribution in [-0.2, 0) is 16.6 Å². The molecule has 0 aliphatic carbocycles. The molecule has 0 radical (unpaired) electrons. The second kappa shape index (κ2) is 12.6. The van der Waals surface area contributed by atoms with Crippen LogP contribution in [0.3, 0.4) is 0 Å². The van der Waals surface area contributed by atoms with E-state index in [1.165, 1.54) is 19.3 Å². The van der Waals surface area contributed by atoms with Gasteiger partial charge in [-0.05, 0) is 45.7 Å². The number of hydrogen-bond acceptors (Lipinski definition) is 3. The van der Waals surface area contributed by atoms with Gasteiger partial charge in [0.15, 0.2) is 5.96 Å². The lowest BCUT2D eigenvalue weighted by Crippen LogP contribution is -2.43. The van der Waals surface area contributed by atoms with Crippen LogP contribution in [0.25, 0.3) is 0 Å². The molecule has 0 aliphatic heterocycles. The molecule has 0 aliphatic rings. The molecule has 28 heavy (non-hydrogen) atoms. The molecule has 162 valence electrons. The number of hydrogen-bond donors (Lipinski definition) is 3. The second-order valence-corrected chi connectivity index (χ2v) is 9.58. The predicted octanol–water partition coefficient (Wildman–Crippen LogP) is 4.02. The third-order valence-corrected chi connectivity index (χ3v) is 5.85. The van der Waals surface area contributed by atoms with Crippen molar-refractivity contribution in [1.82, 2.24) is 15.4 Å². The second-order valence-electron chi connectivity index (χ2n) is 7.93. The van der Waals surface area contributed by atoms with Crippen LogP contribution >= 0.6 is 24.0 Å². The van der Waals surface area contributed by atoms with E-state index in [0.29, 0.717) is 29.0 Å². The third-order valence-electron chi connectivity index (χ3n) is 4.00. The summed E-state index contributed by atoms with van der Waals surface area (Å²) in [5.41, 5.74) is 0.168. The summed E-state index contributed by atoms with van der Waals surface area (Å²) in [6.45, 7) is 10.2. The molecule has 1 rings (SSSR count). The van der Waals surface area contributed by atoms with E-state index in [-0.39, 0.29) is 24.0 Å². The first-order valence-corrected chi connectivity index (χ1v) is 11.2. The first-order chi connectivity index (χ1) is 12.6. The highest BCUT2D eigenvalue weighted by Gasteiger charge is 2.24. The number of nitrogens with zero attached hydrogens (tertiary/aromatic N) is 1. The van der Waals surface area contributed by atoms with Gasteiger partial charge in [-0.2, -0.15) is 0 Å². The van der Waals surface area contributed by atoms with E-state index in [0.717, 1.165) is 6.42 Å². The van der Waals surface area contributed by atoms with E-state index >= 15 is 0 Å². The van der Waals surface area contributed by atoms with Crippen LogP contribution in [-0.4, -0.2) is 33.0 Å². The fourth-order valence-corrected chi connectivity index (χ4v) is 4.41. The van der Waals surface area contributed by atoms with Gasteiger partial charge in [0.1, 0.15) is 0 Å². The minimum Gasteiger partial charge on any atom is -0.354 e. The molecule has 0 spiro atoms. The van der Waals surface area contributed by atoms with Crippen LogP contribution in [0.5, 0.6) is 0 Å². The molecule has 1 aromatic rings. The van der Waals surface area contributed by atoms with Crippen LogP contribution in [0.1, 0.15) is 65.9 Å². The van der Waals surface area contributed by atoms with E-state index in [2.05, 4.69) is 34.2 Å². The molecule has 3 N–H and O–H groups in total. The zero-order chi connectivity index (χ0) is 20.5. The molecule has 0 saturated carbocycles. The van der Waals surface area contributed by atoms with Crippen molar-refractivity contribution in [1.29, 1.82) is 0 Å². The van der Waals surface area contributed by atoms with Crippen molar-refractivity contribution in [3.05, 3.63) is 29.8 Å². The largest absolute Gasteiger partial charge is 0.354 e. The minimum atomic E-state index is -3.59. The zero-order valence-electron chi connectivity index (χ0n) is 18.0. The van der Waals surface area contributed by atoms with Crippen LogP contribution in [0.4, 0.5) is 0 Å². The molecule has 0 amide bonds. The van der Waals surface area contributed by atoms with Gasteiger partial charge in [-0.1, -0.05) is 44.4 Å². The first kappa shape index (κ1) is 27.1. The van der Waals surface area contributed by atoms with Crippen molar-refractivity contribution < 1.29 is 8.42 Å². The van der Waals surface area contributed by atoms with Gasteiger partial charge < -0.3 is 10.6 Å². The Morgan fingerprint density at radius 2 is 1.82 bits per heavy atom. The van der Waals surface area contributed by atoms with Crippen molar-refractivity contribution in [2.75, 3.05) is 7.05 Å². The summed E-state index contributed by atoms with van der Waals surface area (Å²) in [6.07, 6.45) is 4.69. The van der Waals surface area contributed by atoms with Gasteiger partial charge in [-0.15, -0.1) is 24.0 Å². The van der Waals surface area contributed by atoms with Gasteiger partial charge in [-0.3, -0.25) is 4.99 Å². The first-order valence-electron chi connectivity index (χ1n) is 9.68. The van der Waals surface area contributed by atoms with Gasteiger partial charge in [0.25, 0.3) is 0 Å². The Hall–Kier alpha value is -0.870.